The molecule has 2 nitrogen and oxygen atoms in total. The van der Waals surface area contributed by atoms with E-state index in [1.807, 2.05) is 0 Å². The lowest BCUT2D eigenvalue weighted by molar-refractivity contribution is -0.1000. The largest absolute Gasteiger partial charge is 0.307 e. The molecule has 56 valence electrons. The Hall–Kier alpha value is -0.0800. The van der Waals surface area contributed by atoms with E-state index >= 15 is 0 Å². The van der Waals surface area contributed by atoms with Gasteiger partial charge in [-0.3, -0.25) is 0 Å². The third-order valence-corrected chi connectivity index (χ3v) is 2.92. The topological polar surface area (TPSA) is 25.1 Å². The highest BCUT2D eigenvalue weighted by Gasteiger charge is 2.89. The first-order valence-corrected chi connectivity index (χ1v) is 4.27. The third-order valence-electron chi connectivity index (χ3n) is 2.92. The Balaban J connectivity index is 1.76. The summed E-state index contributed by atoms with van der Waals surface area (Å²) >= 11 is 0. The highest BCUT2D eigenvalue weighted by molar-refractivity contribution is 5.17. The minimum Gasteiger partial charge on any atom is -0.307 e. The summed E-state index contributed by atoms with van der Waals surface area (Å²) < 4.78 is 11.0. The van der Waals surface area contributed by atoms with E-state index in [1.165, 1.54) is 25.7 Å². The Bertz CT molecular complexity index is 152. The van der Waals surface area contributed by atoms with Gasteiger partial charge in [0.05, 0.1) is 0 Å². The Kier molecular flexibility index (Phi) is 0.783. The lowest BCUT2D eigenvalue weighted by Gasteiger charge is -1.98. The van der Waals surface area contributed by atoms with Crippen LogP contribution in [-0.4, -0.2) is 11.6 Å². The second kappa shape index (κ2) is 1.41. The minimum atomic E-state index is -0.0343. The van der Waals surface area contributed by atoms with Crippen LogP contribution in [0, 0.1) is 0 Å². The molecule has 0 aromatic rings. The van der Waals surface area contributed by atoms with Crippen molar-refractivity contribution in [1.82, 2.24) is 0 Å². The van der Waals surface area contributed by atoms with Crippen LogP contribution in [0.5, 0.6) is 0 Å². The molecule has 3 rings (SSSR count). The maximum atomic E-state index is 5.48. The van der Waals surface area contributed by atoms with Gasteiger partial charge in [-0.05, 0) is 12.8 Å². The average molecular weight is 140 g/mol. The predicted octanol–water partition coefficient (Wildman–Crippen LogP) is 1.79. The zero-order valence-electron chi connectivity index (χ0n) is 6.06. The maximum absolute atomic E-state index is 5.48. The summed E-state index contributed by atoms with van der Waals surface area (Å²) in [5.41, 5.74) is 0. The first-order chi connectivity index (χ1) is 4.87. The van der Waals surface area contributed by atoms with Gasteiger partial charge in [0.1, 0.15) is 0 Å². The molecule has 1 saturated carbocycles. The SMILES string of the molecule is C1CCCC23OC2(CC1)O3. The molecule has 3 aliphatic rings. The molecule has 0 aromatic heterocycles. The minimum absolute atomic E-state index is 0.0343. The van der Waals surface area contributed by atoms with Crippen molar-refractivity contribution in [1.29, 1.82) is 0 Å². The van der Waals surface area contributed by atoms with Gasteiger partial charge in [-0.1, -0.05) is 12.8 Å². The van der Waals surface area contributed by atoms with Gasteiger partial charge in [0.2, 0.25) is 11.6 Å². The van der Waals surface area contributed by atoms with E-state index in [0.29, 0.717) is 0 Å². The summed E-state index contributed by atoms with van der Waals surface area (Å²) in [5.74, 6) is -0.0686. The Morgan fingerprint density at radius 2 is 1.20 bits per heavy atom. The lowest BCUT2D eigenvalue weighted by atomic mass is 10.0. The molecule has 2 saturated heterocycles. The van der Waals surface area contributed by atoms with Crippen molar-refractivity contribution in [2.45, 2.75) is 50.1 Å². The van der Waals surface area contributed by atoms with E-state index in [1.54, 1.807) is 0 Å². The van der Waals surface area contributed by atoms with Crippen LogP contribution in [0.1, 0.15) is 38.5 Å². The summed E-state index contributed by atoms with van der Waals surface area (Å²) in [6.07, 6.45) is 7.61. The summed E-state index contributed by atoms with van der Waals surface area (Å²) in [4.78, 5) is 0. The fourth-order valence-electron chi connectivity index (χ4n) is 2.14. The summed E-state index contributed by atoms with van der Waals surface area (Å²) in [6, 6.07) is 0. The maximum Gasteiger partial charge on any atom is 0.229 e. The molecule has 0 aromatic carbocycles. The molecule has 1 aliphatic carbocycles. The molecule has 0 N–H and O–H groups in total. The fraction of sp³-hybridized carbons (Fsp3) is 1.00. The summed E-state index contributed by atoms with van der Waals surface area (Å²) in [5, 5.41) is 0. The van der Waals surface area contributed by atoms with Crippen molar-refractivity contribution in [3.8, 4) is 0 Å². The second-order valence-electron chi connectivity index (χ2n) is 3.62. The van der Waals surface area contributed by atoms with Gasteiger partial charge in [0.25, 0.3) is 0 Å². The van der Waals surface area contributed by atoms with Crippen LogP contribution in [0.4, 0.5) is 0 Å². The van der Waals surface area contributed by atoms with Crippen molar-refractivity contribution in [3.05, 3.63) is 0 Å². The Morgan fingerprint density at radius 3 is 1.70 bits per heavy atom. The first-order valence-electron chi connectivity index (χ1n) is 4.27. The molecule has 2 aliphatic heterocycles. The van der Waals surface area contributed by atoms with Crippen LogP contribution < -0.4 is 0 Å². The fourth-order valence-corrected chi connectivity index (χ4v) is 2.14. The van der Waals surface area contributed by atoms with Crippen LogP contribution in [0.25, 0.3) is 0 Å². The molecule has 3 fully saturated rings. The van der Waals surface area contributed by atoms with Gasteiger partial charge in [0, 0.05) is 12.8 Å². The lowest BCUT2D eigenvalue weighted by Crippen LogP contribution is -1.97. The van der Waals surface area contributed by atoms with E-state index in [2.05, 4.69) is 0 Å². The number of rotatable bonds is 0. The molecule has 0 spiro atoms. The predicted molar refractivity (Wildman–Crippen MR) is 35.3 cm³/mol. The smallest absolute Gasteiger partial charge is 0.229 e. The zero-order chi connectivity index (χ0) is 6.66. The zero-order valence-corrected chi connectivity index (χ0v) is 6.06. The van der Waals surface area contributed by atoms with Crippen LogP contribution in [0.2, 0.25) is 0 Å². The molecule has 0 unspecified atom stereocenters. The Morgan fingerprint density at radius 1 is 0.700 bits per heavy atom. The highest BCUT2D eigenvalue weighted by Crippen LogP contribution is 2.72. The van der Waals surface area contributed by atoms with E-state index < -0.39 is 0 Å². The first kappa shape index (κ1) is 5.56. The van der Waals surface area contributed by atoms with Crippen molar-refractivity contribution in [2.75, 3.05) is 0 Å². The molecule has 10 heavy (non-hydrogen) atoms. The van der Waals surface area contributed by atoms with Crippen molar-refractivity contribution in [3.63, 3.8) is 0 Å². The van der Waals surface area contributed by atoms with Gasteiger partial charge in [-0.2, -0.15) is 0 Å². The van der Waals surface area contributed by atoms with Gasteiger partial charge in [0.15, 0.2) is 0 Å². The van der Waals surface area contributed by atoms with Gasteiger partial charge < -0.3 is 9.47 Å². The number of ether oxygens (including phenoxy) is 2. The Labute approximate surface area is 60.5 Å². The van der Waals surface area contributed by atoms with Crippen LogP contribution in [0.15, 0.2) is 0 Å². The number of epoxide rings is 2. The standard InChI is InChI=1S/C8H12O2/c1-2-4-6-8-7(9-8,10-8)5-3-1/h1-6H2. The quantitative estimate of drug-likeness (QED) is 0.479. The molecule has 2 heteroatoms. The van der Waals surface area contributed by atoms with Gasteiger partial charge >= 0.3 is 0 Å². The van der Waals surface area contributed by atoms with Crippen molar-refractivity contribution < 1.29 is 9.47 Å². The van der Waals surface area contributed by atoms with Crippen molar-refractivity contribution >= 4 is 0 Å². The average Bonchev–Trinajstić information content (AvgIpc) is 2.51. The van der Waals surface area contributed by atoms with Crippen LogP contribution in [-0.2, 0) is 9.47 Å². The van der Waals surface area contributed by atoms with Crippen LogP contribution >= 0.6 is 0 Å². The normalized spacial score (nSPS) is 57.6. The summed E-state index contributed by atoms with van der Waals surface area (Å²) in [7, 11) is 0. The van der Waals surface area contributed by atoms with Crippen molar-refractivity contribution in [2.24, 2.45) is 0 Å². The second-order valence-corrected chi connectivity index (χ2v) is 3.62. The molecule has 2 heterocycles. The summed E-state index contributed by atoms with van der Waals surface area (Å²) in [6.45, 7) is 0. The number of hydrogen-bond acceptors (Lipinski definition) is 2. The molecular weight excluding hydrogens is 128 g/mol. The van der Waals surface area contributed by atoms with E-state index in [9.17, 15) is 0 Å². The number of hydrogen-bond donors (Lipinski definition) is 0. The monoisotopic (exact) mass is 140 g/mol. The van der Waals surface area contributed by atoms with E-state index in [4.69, 9.17) is 9.47 Å². The molecule has 0 amide bonds. The van der Waals surface area contributed by atoms with Gasteiger partial charge in [-0.25, -0.2) is 0 Å². The molecule has 0 radical (unpaired) electrons. The van der Waals surface area contributed by atoms with E-state index in [0.717, 1.165) is 12.8 Å². The van der Waals surface area contributed by atoms with Gasteiger partial charge in [-0.15, -0.1) is 0 Å². The molecule has 0 bridgehead atoms. The van der Waals surface area contributed by atoms with E-state index in [-0.39, 0.29) is 11.6 Å². The highest BCUT2D eigenvalue weighted by atomic mass is 17.0. The molecule has 0 atom stereocenters. The molecular formula is C8H12O2. The van der Waals surface area contributed by atoms with Crippen LogP contribution in [0.3, 0.4) is 0 Å². The third kappa shape index (κ3) is 0.487.